The first-order chi connectivity index (χ1) is 11.6. The molecule has 0 saturated carbocycles. The highest BCUT2D eigenvalue weighted by Crippen LogP contribution is 2.30. The zero-order valence-corrected chi connectivity index (χ0v) is 15.5. The molecule has 0 radical (unpaired) electrons. The van der Waals surface area contributed by atoms with Gasteiger partial charge in [0, 0.05) is 22.7 Å². The van der Waals surface area contributed by atoms with Crippen LogP contribution in [0.25, 0.3) is 11.1 Å². The minimum absolute atomic E-state index is 0. The van der Waals surface area contributed by atoms with Crippen molar-refractivity contribution in [3.8, 4) is 11.1 Å². The minimum atomic E-state index is -0.347. The van der Waals surface area contributed by atoms with Crippen LogP contribution in [0.4, 0.5) is 10.1 Å². The van der Waals surface area contributed by atoms with E-state index in [1.165, 1.54) is 12.1 Å². The Labute approximate surface area is 159 Å². The Hall–Kier alpha value is -1.62. The second kappa shape index (κ2) is 11.1. The summed E-state index contributed by atoms with van der Waals surface area (Å²) >= 11 is 5.90. The van der Waals surface area contributed by atoms with E-state index in [9.17, 15) is 9.18 Å². The summed E-state index contributed by atoms with van der Waals surface area (Å²) in [5, 5.41) is 3.49. The predicted molar refractivity (Wildman–Crippen MR) is 105 cm³/mol. The standard InChI is InChI=1S/C19H22ClFN2O.ClH/c20-15-8-6-14(7-9-15)17-13-16(21)10-11-18(17)23-19(24)5-3-1-2-4-12-22;/h6-11,13H,1-5,12,22H2,(H,23,24);1H. The van der Waals surface area contributed by atoms with Crippen LogP contribution in [-0.2, 0) is 4.79 Å². The van der Waals surface area contributed by atoms with Gasteiger partial charge in [0.15, 0.2) is 0 Å². The zero-order valence-electron chi connectivity index (χ0n) is 13.9. The summed E-state index contributed by atoms with van der Waals surface area (Å²) in [6.45, 7) is 0.687. The lowest BCUT2D eigenvalue weighted by Crippen LogP contribution is -2.12. The molecule has 136 valence electrons. The molecule has 0 saturated heterocycles. The Balaban J connectivity index is 0.00000312. The molecule has 2 aromatic carbocycles. The van der Waals surface area contributed by atoms with E-state index in [0.29, 0.717) is 29.2 Å². The number of nitrogens with two attached hydrogens (primary N) is 1. The van der Waals surface area contributed by atoms with Crippen LogP contribution >= 0.6 is 24.0 Å². The van der Waals surface area contributed by atoms with Crippen molar-refractivity contribution in [2.75, 3.05) is 11.9 Å². The predicted octanol–water partition coefficient (Wildman–Crippen LogP) is 5.42. The van der Waals surface area contributed by atoms with E-state index in [4.69, 9.17) is 17.3 Å². The van der Waals surface area contributed by atoms with Crippen molar-refractivity contribution >= 4 is 35.6 Å². The molecule has 3 N–H and O–H groups in total. The van der Waals surface area contributed by atoms with E-state index in [1.807, 2.05) is 0 Å². The summed E-state index contributed by atoms with van der Waals surface area (Å²) in [4.78, 5) is 12.1. The van der Waals surface area contributed by atoms with E-state index in [2.05, 4.69) is 5.32 Å². The second-order valence-corrected chi connectivity index (χ2v) is 6.13. The monoisotopic (exact) mass is 384 g/mol. The van der Waals surface area contributed by atoms with Crippen LogP contribution in [-0.4, -0.2) is 12.5 Å². The van der Waals surface area contributed by atoms with Crippen molar-refractivity contribution in [2.45, 2.75) is 32.1 Å². The SMILES string of the molecule is Cl.NCCCCCCC(=O)Nc1ccc(F)cc1-c1ccc(Cl)cc1. The smallest absolute Gasteiger partial charge is 0.224 e. The fraction of sp³-hybridized carbons (Fsp3) is 0.316. The van der Waals surface area contributed by atoms with Gasteiger partial charge in [0.2, 0.25) is 5.91 Å². The maximum atomic E-state index is 13.6. The number of rotatable bonds is 8. The Morgan fingerprint density at radius 1 is 1.04 bits per heavy atom. The van der Waals surface area contributed by atoms with Gasteiger partial charge in [-0.05, 0) is 55.3 Å². The van der Waals surface area contributed by atoms with Gasteiger partial charge in [0.1, 0.15) is 5.82 Å². The van der Waals surface area contributed by atoms with Gasteiger partial charge in [0.25, 0.3) is 0 Å². The molecule has 0 atom stereocenters. The molecule has 3 nitrogen and oxygen atoms in total. The number of hydrogen-bond donors (Lipinski definition) is 2. The Morgan fingerprint density at radius 3 is 2.40 bits per heavy atom. The average Bonchev–Trinajstić information content (AvgIpc) is 2.57. The molecular formula is C19H23Cl2FN2O. The number of unbranched alkanes of at least 4 members (excludes halogenated alkanes) is 3. The first kappa shape index (κ1) is 21.4. The summed E-state index contributed by atoms with van der Waals surface area (Å²) < 4.78 is 13.6. The molecule has 6 heteroatoms. The second-order valence-electron chi connectivity index (χ2n) is 5.70. The van der Waals surface area contributed by atoms with Crippen molar-refractivity contribution in [3.63, 3.8) is 0 Å². The van der Waals surface area contributed by atoms with Crippen LogP contribution in [0.5, 0.6) is 0 Å². The third kappa shape index (κ3) is 7.02. The van der Waals surface area contributed by atoms with Gasteiger partial charge in [-0.25, -0.2) is 4.39 Å². The van der Waals surface area contributed by atoms with Crippen molar-refractivity contribution in [3.05, 3.63) is 53.3 Å². The number of hydrogen-bond acceptors (Lipinski definition) is 2. The topological polar surface area (TPSA) is 55.1 Å². The molecule has 0 aromatic heterocycles. The number of nitrogens with one attached hydrogen (secondary N) is 1. The molecule has 0 aliphatic rings. The Bertz CT molecular complexity index is 678. The molecule has 0 heterocycles. The summed E-state index contributed by atoms with van der Waals surface area (Å²) in [6.07, 6.45) is 4.28. The lowest BCUT2D eigenvalue weighted by molar-refractivity contribution is -0.116. The maximum absolute atomic E-state index is 13.6. The number of anilines is 1. The van der Waals surface area contributed by atoms with Gasteiger partial charge >= 0.3 is 0 Å². The number of carbonyl (C=O) groups excluding carboxylic acids is 1. The van der Waals surface area contributed by atoms with Gasteiger partial charge in [-0.3, -0.25) is 4.79 Å². The molecule has 2 rings (SSSR count). The third-order valence-electron chi connectivity index (χ3n) is 3.77. The lowest BCUT2D eigenvalue weighted by Gasteiger charge is -2.12. The van der Waals surface area contributed by atoms with E-state index < -0.39 is 0 Å². The summed E-state index contributed by atoms with van der Waals surface area (Å²) in [5.41, 5.74) is 7.50. The molecular weight excluding hydrogens is 362 g/mol. The van der Waals surface area contributed by atoms with Crippen molar-refractivity contribution in [1.82, 2.24) is 0 Å². The van der Waals surface area contributed by atoms with Crippen molar-refractivity contribution in [1.29, 1.82) is 0 Å². The highest BCUT2D eigenvalue weighted by molar-refractivity contribution is 6.30. The normalized spacial score (nSPS) is 10.2. The van der Waals surface area contributed by atoms with Crippen molar-refractivity contribution in [2.24, 2.45) is 5.73 Å². The van der Waals surface area contributed by atoms with Crippen LogP contribution in [0.3, 0.4) is 0 Å². The van der Waals surface area contributed by atoms with Gasteiger partial charge in [-0.1, -0.05) is 36.6 Å². The summed E-state index contributed by atoms with van der Waals surface area (Å²) in [6, 6.07) is 11.4. The largest absolute Gasteiger partial charge is 0.330 e. The molecule has 25 heavy (non-hydrogen) atoms. The van der Waals surface area contributed by atoms with E-state index in [1.54, 1.807) is 30.3 Å². The highest BCUT2D eigenvalue weighted by atomic mass is 35.5. The molecule has 0 aliphatic carbocycles. The van der Waals surface area contributed by atoms with E-state index in [-0.39, 0.29) is 24.1 Å². The Morgan fingerprint density at radius 2 is 1.72 bits per heavy atom. The van der Waals surface area contributed by atoms with Gasteiger partial charge in [-0.15, -0.1) is 12.4 Å². The van der Waals surface area contributed by atoms with Gasteiger partial charge < -0.3 is 11.1 Å². The summed E-state index contributed by atoms with van der Waals surface area (Å²) in [5.74, 6) is -0.413. The molecule has 0 unspecified atom stereocenters. The molecule has 0 bridgehead atoms. The molecule has 0 fully saturated rings. The van der Waals surface area contributed by atoms with E-state index >= 15 is 0 Å². The molecule has 2 aromatic rings. The number of benzene rings is 2. The molecule has 0 aliphatic heterocycles. The van der Waals surface area contributed by atoms with Gasteiger partial charge in [-0.2, -0.15) is 0 Å². The number of amides is 1. The van der Waals surface area contributed by atoms with E-state index in [0.717, 1.165) is 31.2 Å². The van der Waals surface area contributed by atoms with Crippen molar-refractivity contribution < 1.29 is 9.18 Å². The average molecular weight is 385 g/mol. The quantitative estimate of drug-likeness (QED) is 0.597. The Kier molecular flexibility index (Phi) is 9.50. The maximum Gasteiger partial charge on any atom is 0.224 e. The zero-order chi connectivity index (χ0) is 17.4. The highest BCUT2D eigenvalue weighted by Gasteiger charge is 2.10. The lowest BCUT2D eigenvalue weighted by atomic mass is 10.0. The summed E-state index contributed by atoms with van der Waals surface area (Å²) in [7, 11) is 0. The molecule has 1 amide bonds. The fourth-order valence-corrected chi connectivity index (χ4v) is 2.62. The third-order valence-corrected chi connectivity index (χ3v) is 4.02. The number of halogens is 3. The van der Waals surface area contributed by atoms with Crippen LogP contribution < -0.4 is 11.1 Å². The number of carbonyl (C=O) groups is 1. The van der Waals surface area contributed by atoms with Crippen LogP contribution in [0, 0.1) is 5.82 Å². The van der Waals surface area contributed by atoms with Crippen LogP contribution in [0.15, 0.2) is 42.5 Å². The van der Waals surface area contributed by atoms with Crippen LogP contribution in [0.1, 0.15) is 32.1 Å². The molecule has 0 spiro atoms. The first-order valence-corrected chi connectivity index (χ1v) is 8.53. The first-order valence-electron chi connectivity index (χ1n) is 8.15. The fourth-order valence-electron chi connectivity index (χ4n) is 2.49. The van der Waals surface area contributed by atoms with Crippen LogP contribution in [0.2, 0.25) is 5.02 Å². The minimum Gasteiger partial charge on any atom is -0.330 e. The van der Waals surface area contributed by atoms with Gasteiger partial charge in [0.05, 0.1) is 0 Å².